The lowest BCUT2D eigenvalue weighted by molar-refractivity contribution is -0.202. The second kappa shape index (κ2) is 6.58. The summed E-state index contributed by atoms with van der Waals surface area (Å²) in [6.45, 7) is 7.92. The van der Waals surface area contributed by atoms with E-state index in [9.17, 15) is 14.4 Å². The summed E-state index contributed by atoms with van der Waals surface area (Å²) in [7, 11) is 0. The van der Waals surface area contributed by atoms with E-state index in [-0.39, 0.29) is 5.91 Å². The smallest absolute Gasteiger partial charge is 0.411 e. The van der Waals surface area contributed by atoms with E-state index in [2.05, 4.69) is 0 Å². The highest BCUT2D eigenvalue weighted by Gasteiger charge is 2.56. The number of hydroxylamine groups is 2. The monoisotopic (exact) mass is 341 g/mol. The fourth-order valence-electron chi connectivity index (χ4n) is 3.25. The fourth-order valence-corrected chi connectivity index (χ4v) is 3.25. The summed E-state index contributed by atoms with van der Waals surface area (Å²) in [6, 6.07) is 0. The van der Waals surface area contributed by atoms with Crippen LogP contribution in [0.25, 0.3) is 0 Å². The van der Waals surface area contributed by atoms with Crippen molar-refractivity contribution in [2.45, 2.75) is 70.6 Å². The van der Waals surface area contributed by atoms with Crippen molar-refractivity contribution in [2.24, 2.45) is 5.73 Å². The molecule has 0 aromatic rings. The highest BCUT2D eigenvalue weighted by Crippen LogP contribution is 2.40. The molecule has 0 saturated carbocycles. The van der Waals surface area contributed by atoms with Gasteiger partial charge < -0.3 is 10.5 Å². The molecule has 0 aliphatic carbocycles. The van der Waals surface area contributed by atoms with Crippen LogP contribution in [0.3, 0.4) is 0 Å². The van der Waals surface area contributed by atoms with Crippen LogP contribution in [0, 0.1) is 0 Å². The predicted molar refractivity (Wildman–Crippen MR) is 85.6 cm³/mol. The van der Waals surface area contributed by atoms with Crippen molar-refractivity contribution in [1.82, 2.24) is 9.96 Å². The van der Waals surface area contributed by atoms with E-state index in [1.54, 1.807) is 27.7 Å². The summed E-state index contributed by atoms with van der Waals surface area (Å²) in [5.74, 6) is -0.910. The van der Waals surface area contributed by atoms with Gasteiger partial charge in [-0.1, -0.05) is 6.92 Å². The molecule has 2 atom stereocenters. The molecule has 8 nitrogen and oxygen atoms in total. The van der Waals surface area contributed by atoms with Crippen LogP contribution in [0.15, 0.2) is 0 Å². The first-order valence-corrected chi connectivity index (χ1v) is 8.39. The number of hydrogen-bond donors (Lipinski definition) is 1. The SMILES string of the molecule is CCC(ON1CCC2(CCCN2C(=O)OC(C)(C)C)C1=O)C(N)=O. The number of ether oxygens (including phenoxy) is 1. The van der Waals surface area contributed by atoms with Gasteiger partial charge in [-0.05, 0) is 40.0 Å². The van der Waals surface area contributed by atoms with E-state index in [0.29, 0.717) is 32.4 Å². The first kappa shape index (κ1) is 18.5. The minimum absolute atomic E-state index is 0.300. The highest BCUT2D eigenvalue weighted by molar-refractivity contribution is 5.92. The van der Waals surface area contributed by atoms with E-state index >= 15 is 0 Å². The van der Waals surface area contributed by atoms with Crippen LogP contribution in [-0.2, 0) is 19.2 Å². The normalized spacial score (nSPS) is 25.4. The van der Waals surface area contributed by atoms with Gasteiger partial charge in [-0.2, -0.15) is 0 Å². The molecular weight excluding hydrogens is 314 g/mol. The summed E-state index contributed by atoms with van der Waals surface area (Å²) in [4.78, 5) is 43.7. The lowest BCUT2D eigenvalue weighted by Gasteiger charge is -2.34. The summed E-state index contributed by atoms with van der Waals surface area (Å²) >= 11 is 0. The summed E-state index contributed by atoms with van der Waals surface area (Å²) in [5, 5.41) is 1.18. The molecule has 0 radical (unpaired) electrons. The Morgan fingerprint density at radius 3 is 2.50 bits per heavy atom. The van der Waals surface area contributed by atoms with Crippen LogP contribution in [0.4, 0.5) is 4.79 Å². The molecule has 1 spiro atoms. The molecule has 2 aliphatic rings. The highest BCUT2D eigenvalue weighted by atomic mass is 16.7. The number of carbonyl (C=O) groups excluding carboxylic acids is 3. The van der Waals surface area contributed by atoms with Gasteiger partial charge in [0.1, 0.15) is 11.1 Å². The van der Waals surface area contributed by atoms with Crippen LogP contribution in [0.5, 0.6) is 0 Å². The second-order valence-corrected chi connectivity index (χ2v) is 7.33. The molecular formula is C16H27N3O5. The Bertz CT molecular complexity index is 530. The third kappa shape index (κ3) is 3.48. The van der Waals surface area contributed by atoms with Crippen molar-refractivity contribution < 1.29 is 24.0 Å². The van der Waals surface area contributed by atoms with Crippen LogP contribution in [0.2, 0.25) is 0 Å². The van der Waals surface area contributed by atoms with Crippen LogP contribution in [-0.4, -0.2) is 58.2 Å². The van der Waals surface area contributed by atoms with Gasteiger partial charge in [-0.3, -0.25) is 19.3 Å². The van der Waals surface area contributed by atoms with Gasteiger partial charge in [0.15, 0.2) is 6.10 Å². The Kier molecular flexibility index (Phi) is 5.08. The van der Waals surface area contributed by atoms with E-state index in [4.69, 9.17) is 15.3 Å². The van der Waals surface area contributed by atoms with Crippen LogP contribution in [0.1, 0.15) is 53.4 Å². The minimum Gasteiger partial charge on any atom is -0.444 e. The molecule has 0 aromatic heterocycles. The first-order chi connectivity index (χ1) is 11.1. The number of nitrogens with two attached hydrogens (primary N) is 1. The molecule has 8 heteroatoms. The topological polar surface area (TPSA) is 102 Å². The maximum absolute atomic E-state index is 12.9. The summed E-state index contributed by atoms with van der Waals surface area (Å²) in [6.07, 6.45) is 0.796. The first-order valence-electron chi connectivity index (χ1n) is 8.39. The Hall–Kier alpha value is -1.83. The molecule has 2 unspecified atom stereocenters. The lowest BCUT2D eigenvalue weighted by atomic mass is 9.94. The zero-order valence-corrected chi connectivity index (χ0v) is 14.8. The number of rotatable bonds is 4. The third-order valence-corrected chi connectivity index (χ3v) is 4.40. The zero-order chi connectivity index (χ0) is 18.1. The third-order valence-electron chi connectivity index (χ3n) is 4.40. The largest absolute Gasteiger partial charge is 0.444 e. The fraction of sp³-hybridized carbons (Fsp3) is 0.812. The molecule has 0 aromatic carbocycles. The maximum atomic E-state index is 12.9. The van der Waals surface area contributed by atoms with E-state index in [1.165, 1.54) is 9.96 Å². The average Bonchev–Trinajstić information content (AvgIpc) is 3.02. The standard InChI is InChI=1S/C16H27N3O5/c1-5-11(12(17)20)24-19-10-8-16(13(19)21)7-6-9-18(16)14(22)23-15(2,3)4/h11H,5-10H2,1-4H3,(H2,17,20). The zero-order valence-electron chi connectivity index (χ0n) is 14.8. The van der Waals surface area contributed by atoms with Gasteiger partial charge >= 0.3 is 6.09 Å². The average molecular weight is 341 g/mol. The minimum atomic E-state index is -0.932. The van der Waals surface area contributed by atoms with E-state index < -0.39 is 29.2 Å². The number of amides is 3. The van der Waals surface area contributed by atoms with E-state index in [1.807, 2.05) is 0 Å². The number of likely N-dealkylation sites (tertiary alicyclic amines) is 1. The molecule has 136 valence electrons. The van der Waals surface area contributed by atoms with E-state index in [0.717, 1.165) is 6.42 Å². The predicted octanol–water partition coefficient (Wildman–Crippen LogP) is 1.18. The van der Waals surface area contributed by atoms with Crippen molar-refractivity contribution in [3.05, 3.63) is 0 Å². The van der Waals surface area contributed by atoms with Crippen molar-refractivity contribution >= 4 is 17.9 Å². The number of carbonyl (C=O) groups is 3. The molecule has 3 amide bonds. The lowest BCUT2D eigenvalue weighted by Crippen LogP contribution is -2.54. The van der Waals surface area contributed by atoms with Crippen LogP contribution >= 0.6 is 0 Å². The van der Waals surface area contributed by atoms with Gasteiger partial charge in [0.2, 0.25) is 5.91 Å². The van der Waals surface area contributed by atoms with Crippen molar-refractivity contribution in [2.75, 3.05) is 13.1 Å². The summed E-state index contributed by atoms with van der Waals surface area (Å²) < 4.78 is 5.43. The Labute approximate surface area is 142 Å². The molecule has 2 N–H and O–H groups in total. The number of primary amides is 1. The number of hydrogen-bond acceptors (Lipinski definition) is 5. The van der Waals surface area contributed by atoms with Gasteiger partial charge in [0, 0.05) is 13.0 Å². The molecule has 2 fully saturated rings. The molecule has 0 bridgehead atoms. The van der Waals surface area contributed by atoms with Gasteiger partial charge in [0.05, 0.1) is 6.54 Å². The Balaban J connectivity index is 2.13. The van der Waals surface area contributed by atoms with Crippen molar-refractivity contribution in [3.63, 3.8) is 0 Å². The molecule has 2 rings (SSSR count). The Morgan fingerprint density at radius 1 is 1.29 bits per heavy atom. The molecule has 2 heterocycles. The second-order valence-electron chi connectivity index (χ2n) is 7.33. The molecule has 2 aliphatic heterocycles. The molecule has 24 heavy (non-hydrogen) atoms. The van der Waals surface area contributed by atoms with Gasteiger partial charge in [-0.15, -0.1) is 0 Å². The maximum Gasteiger partial charge on any atom is 0.411 e. The molecule has 2 saturated heterocycles. The van der Waals surface area contributed by atoms with Crippen molar-refractivity contribution in [3.8, 4) is 0 Å². The quantitative estimate of drug-likeness (QED) is 0.827. The van der Waals surface area contributed by atoms with Crippen LogP contribution < -0.4 is 5.73 Å². The Morgan fingerprint density at radius 2 is 1.96 bits per heavy atom. The van der Waals surface area contributed by atoms with Gasteiger partial charge in [-0.25, -0.2) is 9.86 Å². The van der Waals surface area contributed by atoms with Crippen molar-refractivity contribution in [1.29, 1.82) is 0 Å². The number of nitrogens with zero attached hydrogens (tertiary/aromatic N) is 2. The summed E-state index contributed by atoms with van der Waals surface area (Å²) in [5.41, 5.74) is 3.71. The van der Waals surface area contributed by atoms with Gasteiger partial charge in [0.25, 0.3) is 5.91 Å².